The molecule has 4 fully saturated rings. The molecule has 0 unspecified atom stereocenters. The van der Waals surface area contributed by atoms with Crippen molar-refractivity contribution < 1.29 is 4.39 Å². The minimum Gasteiger partial charge on any atom is -0.371 e. The number of nitrogens with zero attached hydrogens (tertiary/aromatic N) is 19. The van der Waals surface area contributed by atoms with Gasteiger partial charge in [-0.1, -0.05) is 50.2 Å². The summed E-state index contributed by atoms with van der Waals surface area (Å²) in [5, 5.41) is 35.5. The van der Waals surface area contributed by atoms with Crippen LogP contribution in [0.25, 0.3) is 85.0 Å². The first-order valence-corrected chi connectivity index (χ1v) is 37.0. The molecule has 4 atom stereocenters. The number of hydrogen-bond acceptors (Lipinski definition) is 14. The van der Waals surface area contributed by atoms with Crippen LogP contribution < -0.4 is 20.0 Å². The Morgan fingerprint density at radius 2 is 1.13 bits per heavy atom. The Balaban J connectivity index is 0.000000117. The number of likely N-dealkylation sites (N-methyl/N-ethyl adjacent to an activating group) is 2. The smallest absolute Gasteiger partial charge is 0.185 e. The highest BCUT2D eigenvalue weighted by Crippen LogP contribution is 2.40. The SMILES string of the molecule is CC1CCC(NC[C@@H]2CCN(c3ccc4c(c3)Cn3cc(-c5ccc(C#N)cc5)cc3-c3nncn3-4)C2)CC1.CN(C)[C@@H]1CCN(c2ccc3c(c2)Cn2cc(-c4ccc(C#N)cc4)cc2-c2ncnn2-3)C1.C[C@H]1CN(c2ccc3c(n2)Cn2cc(-c4ccc(F)cc4)cc2-c2nccn2-3)C[C@H]1N(C)C. The summed E-state index contributed by atoms with van der Waals surface area (Å²) in [6.07, 6.45) is 21.6. The molecule has 0 bridgehead atoms. The number of nitrogens with one attached hydrogen (secondary N) is 1. The van der Waals surface area contributed by atoms with Gasteiger partial charge in [-0.05, 0) is 222 Å². The second kappa shape index (κ2) is 28.1. The van der Waals surface area contributed by atoms with Crippen LogP contribution in [-0.2, 0) is 19.6 Å². The first-order valence-electron chi connectivity index (χ1n) is 37.0. The minimum absolute atomic E-state index is 0.228. The van der Waals surface area contributed by atoms with Crippen molar-refractivity contribution in [1.82, 2.24) is 72.9 Å². The van der Waals surface area contributed by atoms with Gasteiger partial charge in [0.25, 0.3) is 0 Å². The molecule has 1 saturated carbocycles. The topological polar surface area (TPSA) is 183 Å². The van der Waals surface area contributed by atoms with Crippen molar-refractivity contribution in [2.24, 2.45) is 17.8 Å². The fourth-order valence-corrected chi connectivity index (χ4v) is 16.9. The summed E-state index contributed by atoms with van der Waals surface area (Å²) < 4.78 is 26.4. The van der Waals surface area contributed by atoms with Gasteiger partial charge in [0.15, 0.2) is 17.5 Å². The number of nitriles is 2. The summed E-state index contributed by atoms with van der Waals surface area (Å²) in [5.74, 6) is 5.58. The minimum atomic E-state index is -0.228. The zero-order valence-corrected chi connectivity index (χ0v) is 60.5. The summed E-state index contributed by atoms with van der Waals surface area (Å²) in [6.45, 7) is 14.4. The molecule has 0 radical (unpaired) electrons. The molecular formula is C84H87FN20. The van der Waals surface area contributed by atoms with Crippen molar-refractivity contribution in [2.45, 2.75) is 90.1 Å². The Kier molecular flexibility index (Phi) is 17.9. The molecular weight excluding hydrogens is 1310 g/mol. The van der Waals surface area contributed by atoms with E-state index < -0.39 is 0 Å². The van der Waals surface area contributed by atoms with Gasteiger partial charge >= 0.3 is 0 Å². The van der Waals surface area contributed by atoms with Crippen molar-refractivity contribution in [3.63, 3.8) is 0 Å². The molecule has 1 aliphatic carbocycles. The summed E-state index contributed by atoms with van der Waals surface area (Å²) in [7, 11) is 8.64. The summed E-state index contributed by atoms with van der Waals surface area (Å²) in [5.41, 5.74) is 20.3. The quantitative estimate of drug-likeness (QED) is 0.129. The van der Waals surface area contributed by atoms with Crippen LogP contribution >= 0.6 is 0 Å². The molecule has 1 N–H and O–H groups in total. The molecule has 0 amide bonds. The summed E-state index contributed by atoms with van der Waals surface area (Å²) in [6, 6.07) is 52.7. The second-order valence-corrected chi connectivity index (χ2v) is 30.2. The fraction of sp³-hybridized carbons (Fsp3) is 0.333. The van der Waals surface area contributed by atoms with Crippen molar-refractivity contribution in [3.8, 4) is 97.1 Å². The lowest BCUT2D eigenvalue weighted by molar-refractivity contribution is 0.266. The third-order valence-electron chi connectivity index (χ3n) is 23.0. The van der Waals surface area contributed by atoms with Crippen molar-refractivity contribution in [3.05, 3.63) is 217 Å². The average Bonchev–Trinajstić information content (AvgIpc) is 1.62. The van der Waals surface area contributed by atoms with Crippen LogP contribution in [0.4, 0.5) is 21.6 Å². The van der Waals surface area contributed by atoms with E-state index in [1.54, 1.807) is 6.33 Å². The van der Waals surface area contributed by atoms with Crippen LogP contribution in [0.2, 0.25) is 0 Å². The van der Waals surface area contributed by atoms with E-state index >= 15 is 0 Å². The van der Waals surface area contributed by atoms with Gasteiger partial charge < -0.3 is 43.5 Å². The maximum Gasteiger partial charge on any atom is 0.185 e. The van der Waals surface area contributed by atoms with E-state index in [9.17, 15) is 4.39 Å². The van der Waals surface area contributed by atoms with Crippen LogP contribution in [0.5, 0.6) is 0 Å². The number of anilines is 3. The normalized spacial score (nSPS) is 19.6. The molecule has 530 valence electrons. The number of pyridine rings is 1. The van der Waals surface area contributed by atoms with Gasteiger partial charge in [-0.25, -0.2) is 24.0 Å². The zero-order chi connectivity index (χ0) is 71.6. The molecule has 6 aliphatic heterocycles. The zero-order valence-electron chi connectivity index (χ0n) is 60.5. The Hall–Kier alpha value is -11.2. The van der Waals surface area contributed by atoms with Crippen LogP contribution in [-0.4, -0.2) is 160 Å². The Labute approximate surface area is 612 Å². The fourth-order valence-electron chi connectivity index (χ4n) is 16.9. The summed E-state index contributed by atoms with van der Waals surface area (Å²) in [4.78, 5) is 26.5. The van der Waals surface area contributed by atoms with Gasteiger partial charge in [0, 0.05) is 130 Å². The van der Waals surface area contributed by atoms with Crippen LogP contribution in [0, 0.1) is 46.2 Å². The summed E-state index contributed by atoms with van der Waals surface area (Å²) >= 11 is 0. The third-order valence-corrected chi connectivity index (χ3v) is 23.0. The van der Waals surface area contributed by atoms with Gasteiger partial charge in [-0.3, -0.25) is 9.13 Å². The molecule has 5 aromatic carbocycles. The maximum absolute atomic E-state index is 13.4. The molecule has 3 saturated heterocycles. The number of benzene rings is 5. The lowest BCUT2D eigenvalue weighted by Gasteiger charge is -2.28. The van der Waals surface area contributed by atoms with Gasteiger partial charge in [-0.2, -0.15) is 15.6 Å². The van der Waals surface area contributed by atoms with E-state index in [2.05, 4.69) is 217 Å². The second-order valence-electron chi connectivity index (χ2n) is 30.2. The lowest BCUT2D eigenvalue weighted by atomic mass is 9.87. The molecule has 13 heterocycles. The molecule has 21 heteroatoms. The molecule has 20 nitrogen and oxygen atoms in total. The monoisotopic (exact) mass is 1390 g/mol. The largest absolute Gasteiger partial charge is 0.371 e. The number of halogens is 1. The van der Waals surface area contributed by atoms with Crippen LogP contribution in [0.15, 0.2) is 183 Å². The third kappa shape index (κ3) is 13.2. The Morgan fingerprint density at radius 3 is 1.76 bits per heavy atom. The first kappa shape index (κ1) is 67.0. The molecule has 7 aliphatic rings. The number of rotatable bonds is 11. The highest BCUT2D eigenvalue weighted by atomic mass is 19.1. The van der Waals surface area contributed by atoms with E-state index in [1.165, 1.54) is 73.2 Å². The van der Waals surface area contributed by atoms with E-state index in [1.807, 2.05) is 84.1 Å². The lowest BCUT2D eigenvalue weighted by Crippen LogP contribution is -2.36. The average molecular weight is 1400 g/mol. The highest BCUT2D eigenvalue weighted by Gasteiger charge is 2.34. The van der Waals surface area contributed by atoms with E-state index in [0.717, 1.165) is 161 Å². The number of aromatic nitrogens is 12. The van der Waals surface area contributed by atoms with Gasteiger partial charge in [0.05, 0.1) is 69.6 Å². The van der Waals surface area contributed by atoms with Crippen LogP contribution in [0.1, 0.15) is 80.3 Å². The van der Waals surface area contributed by atoms with Gasteiger partial charge in [0.1, 0.15) is 24.3 Å². The van der Waals surface area contributed by atoms with E-state index in [0.29, 0.717) is 47.6 Å². The number of hydrogen-bond donors (Lipinski definition) is 1. The maximum atomic E-state index is 13.4. The molecule has 105 heavy (non-hydrogen) atoms. The first-order chi connectivity index (χ1) is 51.2. The van der Waals surface area contributed by atoms with Crippen LogP contribution in [0.3, 0.4) is 0 Å². The van der Waals surface area contributed by atoms with E-state index in [4.69, 9.17) is 15.5 Å². The molecule has 12 aromatic rings. The molecule has 0 spiro atoms. The van der Waals surface area contributed by atoms with Crippen molar-refractivity contribution in [1.29, 1.82) is 10.5 Å². The van der Waals surface area contributed by atoms with Gasteiger partial charge in [-0.15, -0.1) is 10.2 Å². The predicted molar refractivity (Wildman–Crippen MR) is 410 cm³/mol. The van der Waals surface area contributed by atoms with E-state index in [-0.39, 0.29) is 5.82 Å². The highest BCUT2D eigenvalue weighted by molar-refractivity contribution is 5.75. The number of imidazole rings is 1. The molecule has 7 aromatic heterocycles. The van der Waals surface area contributed by atoms with Crippen molar-refractivity contribution in [2.75, 3.05) is 88.7 Å². The molecule has 19 rings (SSSR count). The van der Waals surface area contributed by atoms with Crippen molar-refractivity contribution >= 4 is 17.2 Å². The number of fused-ring (bicyclic) bond motifs is 15. The predicted octanol–water partition coefficient (Wildman–Crippen LogP) is 13.7. The standard InChI is InChI=1S/C32H35N7.C26H27FN6.C26H25N7/c1-22-2-8-28(9-3-22)34-17-24-12-13-37(18-24)29-10-11-30-27(14-29)20-38-19-26(25-6-4-23(16-33)5-7-25)15-31(38)32-36-35-21-39(30)32;1-17-13-32(16-24(17)30(2)3)25-9-8-22-21(29-25)15-31-14-19(18-4-6-20(27)7-5-18)12-23(31)26-28-10-11-33(22)26;1-30(2)23-9-10-31(16-23)22-7-8-24-21(11-22)15-32-14-20(19-5-3-18(13-27)4-6-19)12-25(32)26-28-17-29-33(24)26/h4-7,10-11,14-15,19,21-22,24,28,34H,2-3,8-9,12-13,17-18,20H2,1H3;4-12,14,17,24H,13,15-16H2,1-3H3;3-8,11-12,14,17,23H,9-10,15-16H2,1-2H3/t22?,24-,28?;17-,24+;23-/m001/s1. The Bertz CT molecular complexity index is 5240. The Morgan fingerprint density at radius 1 is 0.543 bits per heavy atom. The van der Waals surface area contributed by atoms with Gasteiger partial charge in [0.2, 0.25) is 0 Å².